The lowest BCUT2D eigenvalue weighted by Crippen LogP contribution is -2.36. The molecular weight excluding hydrogens is 340 g/mol. The lowest BCUT2D eigenvalue weighted by molar-refractivity contribution is -0.129. The highest BCUT2D eigenvalue weighted by Gasteiger charge is 2.21. The van der Waals surface area contributed by atoms with E-state index in [4.69, 9.17) is 9.15 Å². The molecule has 3 rings (SSSR count). The fourth-order valence-electron chi connectivity index (χ4n) is 2.20. The van der Waals surface area contributed by atoms with Gasteiger partial charge >= 0.3 is 5.97 Å². The van der Waals surface area contributed by atoms with Crippen molar-refractivity contribution in [1.29, 1.82) is 0 Å². The molecule has 0 radical (unpaired) electrons. The Bertz CT molecular complexity index is 866. The molecule has 25 heavy (non-hydrogen) atoms. The predicted octanol–water partition coefficient (Wildman–Crippen LogP) is 3.63. The zero-order valence-electron chi connectivity index (χ0n) is 13.9. The Balaban J connectivity index is 1.70. The molecule has 2 aromatic heterocycles. The number of benzene rings is 1. The van der Waals surface area contributed by atoms with Gasteiger partial charge in [0.1, 0.15) is 0 Å². The molecule has 0 saturated carbocycles. The van der Waals surface area contributed by atoms with Gasteiger partial charge in [-0.1, -0.05) is 19.1 Å². The third kappa shape index (κ3) is 3.88. The summed E-state index contributed by atoms with van der Waals surface area (Å²) in [4.78, 5) is 28.4. The molecule has 0 saturated heterocycles. The molecule has 3 aromatic rings. The zero-order valence-corrected chi connectivity index (χ0v) is 14.8. The number of fused-ring (bicyclic) bond motifs is 1. The standard InChI is InChI=1S/C18H18N2O4S/c1-3-10-19-16(21)11(2)23-18(22)14-9-8-13(24-14)17-20-12-6-4-5-7-15(12)25-17/h4-9,11H,3,10H2,1-2H3,(H,19,21)/t11-/m1/s1. The maximum absolute atomic E-state index is 12.1. The van der Waals surface area contributed by atoms with Crippen molar-refractivity contribution >= 4 is 33.4 Å². The van der Waals surface area contributed by atoms with Crippen LogP contribution in [0.1, 0.15) is 30.8 Å². The minimum atomic E-state index is -0.880. The van der Waals surface area contributed by atoms with Gasteiger partial charge in [0.05, 0.1) is 10.2 Å². The van der Waals surface area contributed by atoms with Gasteiger partial charge in [-0.2, -0.15) is 0 Å². The number of rotatable bonds is 6. The summed E-state index contributed by atoms with van der Waals surface area (Å²) >= 11 is 1.48. The number of nitrogens with one attached hydrogen (secondary N) is 1. The van der Waals surface area contributed by atoms with Gasteiger partial charge in [-0.25, -0.2) is 9.78 Å². The Morgan fingerprint density at radius 3 is 2.84 bits per heavy atom. The Morgan fingerprint density at radius 1 is 1.28 bits per heavy atom. The van der Waals surface area contributed by atoms with Crippen molar-refractivity contribution in [3.05, 3.63) is 42.2 Å². The number of ether oxygens (including phenoxy) is 1. The minimum Gasteiger partial charge on any atom is -0.447 e. The van der Waals surface area contributed by atoms with Gasteiger partial charge in [-0.3, -0.25) is 4.79 Å². The lowest BCUT2D eigenvalue weighted by Gasteiger charge is -2.11. The second-order valence-corrected chi connectivity index (χ2v) is 6.52. The summed E-state index contributed by atoms with van der Waals surface area (Å²) in [6, 6.07) is 11.0. The van der Waals surface area contributed by atoms with E-state index in [1.165, 1.54) is 24.3 Å². The number of nitrogens with zero attached hydrogens (tertiary/aromatic N) is 1. The van der Waals surface area contributed by atoms with Crippen LogP contribution in [0.25, 0.3) is 21.0 Å². The van der Waals surface area contributed by atoms with Crippen LogP contribution in [0, 0.1) is 0 Å². The molecule has 0 aliphatic heterocycles. The van der Waals surface area contributed by atoms with Crippen molar-refractivity contribution in [2.75, 3.05) is 6.54 Å². The first kappa shape index (κ1) is 17.2. The Kier molecular flexibility index (Phi) is 5.14. The highest BCUT2D eigenvalue weighted by atomic mass is 32.1. The van der Waals surface area contributed by atoms with E-state index in [2.05, 4.69) is 10.3 Å². The fraction of sp³-hybridized carbons (Fsp3) is 0.278. The second-order valence-electron chi connectivity index (χ2n) is 5.49. The lowest BCUT2D eigenvalue weighted by atomic mass is 10.3. The van der Waals surface area contributed by atoms with Gasteiger partial charge in [-0.15, -0.1) is 11.3 Å². The summed E-state index contributed by atoms with van der Waals surface area (Å²) in [7, 11) is 0. The number of aromatic nitrogens is 1. The number of esters is 1. The summed E-state index contributed by atoms with van der Waals surface area (Å²) in [5.74, 6) is -0.458. The normalized spacial score (nSPS) is 12.1. The number of amides is 1. The summed E-state index contributed by atoms with van der Waals surface area (Å²) in [6.07, 6.45) is -0.0640. The van der Waals surface area contributed by atoms with Gasteiger partial charge in [0.2, 0.25) is 5.76 Å². The van der Waals surface area contributed by atoms with Crippen LogP contribution in [0.15, 0.2) is 40.8 Å². The molecule has 0 bridgehead atoms. The number of thiazole rings is 1. The van der Waals surface area contributed by atoms with Crippen LogP contribution in [0.3, 0.4) is 0 Å². The summed E-state index contributed by atoms with van der Waals surface area (Å²) < 4.78 is 11.7. The molecule has 0 aliphatic carbocycles. The van der Waals surface area contributed by atoms with E-state index in [0.29, 0.717) is 17.3 Å². The maximum Gasteiger partial charge on any atom is 0.375 e. The van der Waals surface area contributed by atoms with Crippen LogP contribution in [0.5, 0.6) is 0 Å². The average molecular weight is 358 g/mol. The summed E-state index contributed by atoms with van der Waals surface area (Å²) in [5, 5.41) is 3.37. The van der Waals surface area contributed by atoms with Crippen molar-refractivity contribution in [3.8, 4) is 10.8 Å². The van der Waals surface area contributed by atoms with Crippen LogP contribution in [0.2, 0.25) is 0 Å². The predicted molar refractivity (Wildman–Crippen MR) is 95.5 cm³/mol. The molecule has 1 N–H and O–H groups in total. The molecule has 0 fully saturated rings. The molecule has 7 heteroatoms. The van der Waals surface area contributed by atoms with E-state index in [-0.39, 0.29) is 11.7 Å². The number of hydrogen-bond acceptors (Lipinski definition) is 6. The van der Waals surface area contributed by atoms with Crippen LogP contribution in [-0.4, -0.2) is 29.5 Å². The molecule has 0 unspecified atom stereocenters. The maximum atomic E-state index is 12.1. The van der Waals surface area contributed by atoms with Crippen molar-refractivity contribution < 1.29 is 18.7 Å². The van der Waals surface area contributed by atoms with E-state index in [0.717, 1.165) is 16.6 Å². The number of carbonyl (C=O) groups is 2. The third-order valence-corrected chi connectivity index (χ3v) is 4.57. The van der Waals surface area contributed by atoms with Gasteiger partial charge in [0.25, 0.3) is 5.91 Å². The molecule has 1 amide bonds. The zero-order chi connectivity index (χ0) is 17.8. The van der Waals surface area contributed by atoms with Crippen LogP contribution >= 0.6 is 11.3 Å². The van der Waals surface area contributed by atoms with E-state index in [9.17, 15) is 9.59 Å². The number of para-hydroxylation sites is 1. The number of furan rings is 1. The Morgan fingerprint density at radius 2 is 2.08 bits per heavy atom. The van der Waals surface area contributed by atoms with E-state index in [1.807, 2.05) is 31.2 Å². The van der Waals surface area contributed by atoms with Crippen molar-refractivity contribution in [3.63, 3.8) is 0 Å². The van der Waals surface area contributed by atoms with Crippen molar-refractivity contribution in [2.45, 2.75) is 26.4 Å². The first-order valence-corrected chi connectivity index (χ1v) is 8.84. The van der Waals surface area contributed by atoms with Gasteiger partial charge in [0, 0.05) is 6.54 Å². The van der Waals surface area contributed by atoms with Gasteiger partial charge < -0.3 is 14.5 Å². The highest BCUT2D eigenvalue weighted by Crippen LogP contribution is 2.31. The van der Waals surface area contributed by atoms with Crippen molar-refractivity contribution in [2.24, 2.45) is 0 Å². The van der Waals surface area contributed by atoms with Crippen LogP contribution in [-0.2, 0) is 9.53 Å². The number of carbonyl (C=O) groups excluding carboxylic acids is 2. The smallest absolute Gasteiger partial charge is 0.375 e. The number of hydrogen-bond donors (Lipinski definition) is 1. The molecule has 0 aliphatic rings. The quantitative estimate of drug-likeness (QED) is 0.681. The largest absolute Gasteiger partial charge is 0.447 e. The molecule has 0 spiro atoms. The average Bonchev–Trinajstić information content (AvgIpc) is 3.25. The van der Waals surface area contributed by atoms with E-state index in [1.54, 1.807) is 6.07 Å². The molecule has 1 aromatic carbocycles. The first-order chi connectivity index (χ1) is 12.1. The molecule has 130 valence electrons. The summed E-state index contributed by atoms with van der Waals surface area (Å²) in [6.45, 7) is 4.02. The molecule has 1 atom stereocenters. The molecule has 2 heterocycles. The summed E-state index contributed by atoms with van der Waals surface area (Å²) in [5.41, 5.74) is 0.879. The van der Waals surface area contributed by atoms with Gasteiger partial charge in [-0.05, 0) is 37.6 Å². The SMILES string of the molecule is CCCNC(=O)[C@@H](C)OC(=O)c1ccc(-c2nc3ccccc3s2)o1. The topological polar surface area (TPSA) is 81.4 Å². The molecule has 6 nitrogen and oxygen atoms in total. The monoisotopic (exact) mass is 358 g/mol. The molecular formula is C18H18N2O4S. The first-order valence-electron chi connectivity index (χ1n) is 8.03. The van der Waals surface area contributed by atoms with Crippen LogP contribution in [0.4, 0.5) is 0 Å². The Hall–Kier alpha value is -2.67. The fourth-order valence-corrected chi connectivity index (χ4v) is 3.13. The second kappa shape index (κ2) is 7.48. The van der Waals surface area contributed by atoms with E-state index < -0.39 is 12.1 Å². The highest BCUT2D eigenvalue weighted by molar-refractivity contribution is 7.21. The Labute approximate surface area is 148 Å². The third-order valence-electron chi connectivity index (χ3n) is 3.51. The van der Waals surface area contributed by atoms with Gasteiger partial charge in [0.15, 0.2) is 16.9 Å². The minimum absolute atomic E-state index is 0.0457. The van der Waals surface area contributed by atoms with Crippen LogP contribution < -0.4 is 5.32 Å². The van der Waals surface area contributed by atoms with Crippen molar-refractivity contribution in [1.82, 2.24) is 10.3 Å². The van der Waals surface area contributed by atoms with E-state index >= 15 is 0 Å².